The van der Waals surface area contributed by atoms with Gasteiger partial charge >= 0.3 is 6.03 Å². The third kappa shape index (κ3) is 7.36. The van der Waals surface area contributed by atoms with Gasteiger partial charge in [-0.3, -0.25) is 4.84 Å². The van der Waals surface area contributed by atoms with E-state index < -0.39 is 6.03 Å². The molecular formula is C7H12ClN3O3. The zero-order valence-corrected chi connectivity index (χ0v) is 8.49. The van der Waals surface area contributed by atoms with E-state index in [9.17, 15) is 4.79 Å². The number of halogens is 1. The number of hydrogen-bond donors (Lipinski definition) is 1. The summed E-state index contributed by atoms with van der Waals surface area (Å²) < 4.78 is 4.68. The molecule has 0 spiro atoms. The predicted molar refractivity (Wildman–Crippen MR) is 51.3 cm³/mol. The summed E-state index contributed by atoms with van der Waals surface area (Å²) >= 11 is 0. The van der Waals surface area contributed by atoms with E-state index in [0.29, 0.717) is 6.61 Å². The van der Waals surface area contributed by atoms with Gasteiger partial charge in [-0.25, -0.2) is 4.79 Å². The monoisotopic (exact) mass is 221 g/mol. The number of ether oxygens (including phenoxy) is 1. The van der Waals surface area contributed by atoms with Gasteiger partial charge in [0.2, 0.25) is 0 Å². The quantitative estimate of drug-likeness (QED) is 0.414. The molecule has 7 heteroatoms. The maximum Gasteiger partial charge on any atom is 0.342 e. The van der Waals surface area contributed by atoms with Crippen molar-refractivity contribution in [3.63, 3.8) is 0 Å². The number of methoxy groups -OCH3 is 1. The van der Waals surface area contributed by atoms with E-state index in [4.69, 9.17) is 15.8 Å². The Labute approximate surface area is 88.2 Å². The van der Waals surface area contributed by atoms with E-state index in [1.807, 2.05) is 0 Å². The van der Waals surface area contributed by atoms with Gasteiger partial charge in [0.25, 0.3) is 0 Å². The van der Waals surface area contributed by atoms with Crippen molar-refractivity contribution in [2.75, 3.05) is 20.3 Å². The van der Waals surface area contributed by atoms with Crippen molar-refractivity contribution in [1.29, 1.82) is 5.26 Å². The van der Waals surface area contributed by atoms with Gasteiger partial charge < -0.3 is 10.5 Å². The van der Waals surface area contributed by atoms with Crippen molar-refractivity contribution in [2.24, 2.45) is 5.73 Å². The molecule has 0 aliphatic carbocycles. The van der Waals surface area contributed by atoms with Crippen LogP contribution in [0.3, 0.4) is 0 Å². The van der Waals surface area contributed by atoms with Gasteiger partial charge in [-0.1, -0.05) is 0 Å². The number of urea groups is 1. The number of nitrogens with zero attached hydrogens (tertiary/aromatic N) is 2. The number of carbonyl (C=O) groups excluding carboxylic acids is 1. The van der Waals surface area contributed by atoms with Crippen LogP contribution >= 0.6 is 12.4 Å². The number of amides is 2. The number of allylic oxidation sites excluding steroid dienone is 1. The average molecular weight is 222 g/mol. The molecule has 0 saturated carbocycles. The van der Waals surface area contributed by atoms with Crippen LogP contribution in [0.1, 0.15) is 0 Å². The molecule has 0 aromatic rings. The van der Waals surface area contributed by atoms with Gasteiger partial charge in [0.1, 0.15) is 0 Å². The largest absolute Gasteiger partial charge is 0.382 e. The molecule has 0 rings (SSSR count). The second-order valence-electron chi connectivity index (χ2n) is 1.93. The molecule has 0 aliphatic heterocycles. The minimum Gasteiger partial charge on any atom is -0.382 e. The van der Waals surface area contributed by atoms with E-state index in [-0.39, 0.29) is 19.0 Å². The molecule has 0 atom stereocenters. The molecule has 0 aliphatic rings. The molecule has 14 heavy (non-hydrogen) atoms. The lowest BCUT2D eigenvalue weighted by Gasteiger charge is -2.13. The van der Waals surface area contributed by atoms with E-state index in [1.54, 1.807) is 6.07 Å². The molecule has 0 aromatic heterocycles. The number of primary amides is 1. The number of carbonyl (C=O) groups is 1. The Morgan fingerprint density at radius 2 is 2.29 bits per heavy atom. The predicted octanol–water partition coefficient (Wildman–Crippen LogP) is 0.404. The first-order chi connectivity index (χ1) is 6.22. The maximum atomic E-state index is 10.6. The Kier molecular flexibility index (Phi) is 10.6. The van der Waals surface area contributed by atoms with Crippen LogP contribution in [0.25, 0.3) is 0 Å². The first-order valence-electron chi connectivity index (χ1n) is 3.49. The number of hydroxylamine groups is 2. The molecule has 0 unspecified atom stereocenters. The fourth-order valence-corrected chi connectivity index (χ4v) is 0.500. The molecule has 2 amide bonds. The summed E-state index contributed by atoms with van der Waals surface area (Å²) in [5, 5.41) is 8.94. The van der Waals surface area contributed by atoms with Crippen molar-refractivity contribution < 1.29 is 14.4 Å². The standard InChI is InChI=1S/C7H11N3O3.ClH/c1-12-5-6-13-10(7(9)11)4-2-3-8;/h2,4H,5-6H2,1H3,(H2,9,11);1H. The molecule has 0 radical (unpaired) electrons. The highest BCUT2D eigenvalue weighted by Crippen LogP contribution is 1.91. The van der Waals surface area contributed by atoms with E-state index in [0.717, 1.165) is 17.3 Å². The van der Waals surface area contributed by atoms with Crippen molar-refractivity contribution >= 4 is 18.4 Å². The SMILES string of the molecule is COCCON(C=CC#N)C(N)=O.Cl. The molecule has 0 bridgehead atoms. The van der Waals surface area contributed by atoms with Crippen LogP contribution < -0.4 is 5.73 Å². The normalized spacial score (nSPS) is 9.14. The van der Waals surface area contributed by atoms with Crippen LogP contribution in [0.5, 0.6) is 0 Å². The first-order valence-corrected chi connectivity index (χ1v) is 3.49. The number of rotatable bonds is 5. The van der Waals surface area contributed by atoms with Gasteiger partial charge in [0.15, 0.2) is 0 Å². The Morgan fingerprint density at radius 1 is 1.64 bits per heavy atom. The molecule has 80 valence electrons. The zero-order valence-electron chi connectivity index (χ0n) is 7.67. The second kappa shape index (κ2) is 9.80. The van der Waals surface area contributed by atoms with Gasteiger partial charge in [0, 0.05) is 19.4 Å². The molecule has 0 saturated heterocycles. The first kappa shape index (κ1) is 15.2. The summed E-state index contributed by atoms with van der Waals surface area (Å²) in [6.07, 6.45) is 2.22. The topological polar surface area (TPSA) is 88.6 Å². The molecular weight excluding hydrogens is 210 g/mol. The zero-order chi connectivity index (χ0) is 10.1. The lowest BCUT2D eigenvalue weighted by molar-refractivity contribution is -0.0925. The highest BCUT2D eigenvalue weighted by Gasteiger charge is 2.05. The van der Waals surface area contributed by atoms with Gasteiger partial charge in [-0.15, -0.1) is 12.4 Å². The number of hydrogen-bond acceptors (Lipinski definition) is 4. The molecule has 2 N–H and O–H groups in total. The third-order valence-electron chi connectivity index (χ3n) is 1.02. The van der Waals surface area contributed by atoms with Gasteiger partial charge in [-0.2, -0.15) is 10.3 Å². The minimum absolute atomic E-state index is 0. The Bertz CT molecular complexity index is 227. The summed E-state index contributed by atoms with van der Waals surface area (Å²) in [5.41, 5.74) is 4.92. The Balaban J connectivity index is 0. The average Bonchev–Trinajstić information content (AvgIpc) is 2.10. The maximum absolute atomic E-state index is 10.6. The summed E-state index contributed by atoms with van der Waals surface area (Å²) in [7, 11) is 1.50. The lowest BCUT2D eigenvalue weighted by atomic mass is 10.6. The van der Waals surface area contributed by atoms with E-state index >= 15 is 0 Å². The van der Waals surface area contributed by atoms with Crippen LogP contribution in [0.15, 0.2) is 12.3 Å². The summed E-state index contributed by atoms with van der Waals surface area (Å²) in [6, 6.07) is 0.913. The van der Waals surface area contributed by atoms with Gasteiger partial charge in [-0.05, 0) is 0 Å². The van der Waals surface area contributed by atoms with E-state index in [2.05, 4.69) is 4.74 Å². The highest BCUT2D eigenvalue weighted by atomic mass is 35.5. The smallest absolute Gasteiger partial charge is 0.342 e. The van der Waals surface area contributed by atoms with Crippen LogP contribution in [0.4, 0.5) is 4.79 Å². The molecule has 0 heterocycles. The van der Waals surface area contributed by atoms with Crippen LogP contribution in [-0.2, 0) is 9.57 Å². The summed E-state index contributed by atoms with van der Waals surface area (Å²) in [4.78, 5) is 15.5. The Hall–Kier alpha value is -1.29. The van der Waals surface area contributed by atoms with Crippen LogP contribution in [-0.4, -0.2) is 31.4 Å². The molecule has 6 nitrogen and oxygen atoms in total. The van der Waals surface area contributed by atoms with E-state index in [1.165, 1.54) is 7.11 Å². The highest BCUT2D eigenvalue weighted by molar-refractivity contribution is 5.85. The lowest BCUT2D eigenvalue weighted by Crippen LogP contribution is -2.32. The van der Waals surface area contributed by atoms with Crippen LogP contribution in [0, 0.1) is 11.3 Å². The number of nitriles is 1. The molecule has 0 aromatic carbocycles. The van der Waals surface area contributed by atoms with Crippen molar-refractivity contribution in [3.05, 3.63) is 12.3 Å². The second-order valence-corrected chi connectivity index (χ2v) is 1.93. The minimum atomic E-state index is -0.789. The summed E-state index contributed by atoms with van der Waals surface area (Å²) in [5.74, 6) is 0. The van der Waals surface area contributed by atoms with Crippen molar-refractivity contribution in [2.45, 2.75) is 0 Å². The van der Waals surface area contributed by atoms with Crippen LogP contribution in [0.2, 0.25) is 0 Å². The van der Waals surface area contributed by atoms with Crippen molar-refractivity contribution in [1.82, 2.24) is 5.06 Å². The summed E-state index contributed by atoms with van der Waals surface area (Å²) in [6.45, 7) is 0.527. The fraction of sp³-hybridized carbons (Fsp3) is 0.429. The Morgan fingerprint density at radius 3 is 2.71 bits per heavy atom. The third-order valence-corrected chi connectivity index (χ3v) is 1.02. The fourth-order valence-electron chi connectivity index (χ4n) is 0.500. The van der Waals surface area contributed by atoms with Crippen molar-refractivity contribution in [3.8, 4) is 6.07 Å². The number of nitrogens with two attached hydrogens (primary N) is 1. The molecule has 0 fully saturated rings. The van der Waals surface area contributed by atoms with Gasteiger partial charge in [0.05, 0.1) is 19.3 Å².